The molecule has 5 aromatic carbocycles. The van der Waals surface area contributed by atoms with E-state index < -0.39 is 11.4 Å². The van der Waals surface area contributed by atoms with Crippen molar-refractivity contribution in [1.82, 2.24) is 0 Å². The van der Waals surface area contributed by atoms with Gasteiger partial charge in [-0.1, -0.05) is 97.1 Å². The molecule has 0 heterocycles. The first-order chi connectivity index (χ1) is 17.8. The van der Waals surface area contributed by atoms with Crippen LogP contribution in [-0.4, -0.2) is 5.54 Å². The summed E-state index contributed by atoms with van der Waals surface area (Å²) < 4.78 is 31.4. The molecule has 0 amide bonds. The molecule has 0 unspecified atom stereocenters. The standard InChI is InChI=1S/C34H29F2N/c1-34(2,3)37(31-17-11-10-16-30(31)35)32-23-28(22-29(33(32)36)27-14-8-5-9-15-27)26-20-18-25(19-21-26)24-12-6-4-7-13-24/h4-23H,1-3H3. The van der Waals surface area contributed by atoms with Gasteiger partial charge in [-0.25, -0.2) is 8.78 Å². The maximum Gasteiger partial charge on any atom is 0.154 e. The summed E-state index contributed by atoms with van der Waals surface area (Å²) >= 11 is 0. The molecule has 0 aliphatic carbocycles. The zero-order valence-electron chi connectivity index (χ0n) is 21.3. The van der Waals surface area contributed by atoms with Crippen LogP contribution in [0, 0.1) is 11.6 Å². The molecule has 0 spiro atoms. The van der Waals surface area contributed by atoms with Gasteiger partial charge < -0.3 is 4.90 Å². The first-order valence-corrected chi connectivity index (χ1v) is 12.4. The molecule has 5 rings (SSSR count). The fraction of sp³-hybridized carbons (Fsp3) is 0.118. The second-order valence-corrected chi connectivity index (χ2v) is 10.1. The number of benzene rings is 5. The Labute approximate surface area is 217 Å². The van der Waals surface area contributed by atoms with Gasteiger partial charge in [0.05, 0.1) is 11.4 Å². The number of halogens is 2. The molecule has 37 heavy (non-hydrogen) atoms. The van der Waals surface area contributed by atoms with Crippen LogP contribution in [0.5, 0.6) is 0 Å². The summed E-state index contributed by atoms with van der Waals surface area (Å²) in [5.74, 6) is -0.773. The minimum absolute atomic E-state index is 0.334. The predicted octanol–water partition coefficient (Wildman–Crippen LogP) is 9.90. The van der Waals surface area contributed by atoms with E-state index in [-0.39, 0.29) is 5.82 Å². The Morgan fingerprint density at radius 2 is 0.973 bits per heavy atom. The molecule has 0 aromatic heterocycles. The Balaban J connectivity index is 1.71. The smallest absolute Gasteiger partial charge is 0.154 e. The molecule has 0 fully saturated rings. The van der Waals surface area contributed by atoms with Crippen molar-refractivity contribution in [3.05, 3.63) is 133 Å². The number of rotatable bonds is 5. The van der Waals surface area contributed by atoms with Crippen molar-refractivity contribution in [2.24, 2.45) is 0 Å². The van der Waals surface area contributed by atoms with Crippen molar-refractivity contribution < 1.29 is 8.78 Å². The SMILES string of the molecule is CC(C)(C)N(c1ccccc1F)c1cc(-c2ccc(-c3ccccc3)cc2)cc(-c2ccccc2)c1F. The third-order valence-corrected chi connectivity index (χ3v) is 6.47. The van der Waals surface area contributed by atoms with Gasteiger partial charge in [0.2, 0.25) is 0 Å². The Bertz CT molecular complexity index is 1500. The summed E-state index contributed by atoms with van der Waals surface area (Å²) in [5, 5.41) is 0. The molecule has 0 aliphatic heterocycles. The van der Waals surface area contributed by atoms with Crippen LogP contribution in [0.1, 0.15) is 20.8 Å². The van der Waals surface area contributed by atoms with Crippen molar-refractivity contribution in [3.63, 3.8) is 0 Å². The van der Waals surface area contributed by atoms with Gasteiger partial charge in [-0.15, -0.1) is 0 Å². The zero-order valence-corrected chi connectivity index (χ0v) is 21.3. The van der Waals surface area contributed by atoms with Crippen molar-refractivity contribution >= 4 is 11.4 Å². The third kappa shape index (κ3) is 5.03. The van der Waals surface area contributed by atoms with Gasteiger partial charge in [-0.05, 0) is 72.9 Å². The molecule has 0 saturated carbocycles. The fourth-order valence-electron chi connectivity index (χ4n) is 4.74. The molecule has 0 radical (unpaired) electrons. The van der Waals surface area contributed by atoms with Gasteiger partial charge in [0.1, 0.15) is 5.82 Å². The second-order valence-electron chi connectivity index (χ2n) is 10.1. The summed E-state index contributed by atoms with van der Waals surface area (Å²) in [7, 11) is 0. The molecule has 3 heteroatoms. The lowest BCUT2D eigenvalue weighted by Gasteiger charge is -2.38. The van der Waals surface area contributed by atoms with E-state index in [4.69, 9.17) is 0 Å². The monoisotopic (exact) mass is 489 g/mol. The highest BCUT2D eigenvalue weighted by Crippen LogP contribution is 2.42. The van der Waals surface area contributed by atoms with Crippen LogP contribution in [0.2, 0.25) is 0 Å². The van der Waals surface area contributed by atoms with E-state index >= 15 is 8.78 Å². The molecule has 0 bridgehead atoms. The lowest BCUT2D eigenvalue weighted by Crippen LogP contribution is -2.38. The molecule has 0 aliphatic rings. The number of anilines is 2. The first kappa shape index (κ1) is 24.5. The molecular weight excluding hydrogens is 460 g/mol. The maximum absolute atomic E-state index is 16.4. The largest absolute Gasteiger partial charge is 0.331 e. The first-order valence-electron chi connectivity index (χ1n) is 12.4. The second kappa shape index (κ2) is 10.0. The van der Waals surface area contributed by atoms with Gasteiger partial charge >= 0.3 is 0 Å². The highest BCUT2D eigenvalue weighted by atomic mass is 19.1. The van der Waals surface area contributed by atoms with Crippen LogP contribution >= 0.6 is 0 Å². The van der Waals surface area contributed by atoms with E-state index in [0.29, 0.717) is 16.9 Å². The van der Waals surface area contributed by atoms with Gasteiger partial charge in [0.15, 0.2) is 5.82 Å². The van der Waals surface area contributed by atoms with E-state index in [1.807, 2.05) is 81.4 Å². The molecule has 5 aromatic rings. The van der Waals surface area contributed by atoms with E-state index in [1.165, 1.54) is 6.07 Å². The maximum atomic E-state index is 16.4. The molecular formula is C34H29F2N. The van der Waals surface area contributed by atoms with Crippen molar-refractivity contribution in [3.8, 4) is 33.4 Å². The lowest BCUT2D eigenvalue weighted by atomic mass is 9.94. The van der Waals surface area contributed by atoms with Crippen molar-refractivity contribution in [2.75, 3.05) is 4.90 Å². The normalized spacial score (nSPS) is 11.4. The lowest BCUT2D eigenvalue weighted by molar-refractivity contribution is 0.527. The minimum Gasteiger partial charge on any atom is -0.331 e. The van der Waals surface area contributed by atoms with E-state index in [9.17, 15) is 0 Å². The highest BCUT2D eigenvalue weighted by Gasteiger charge is 2.30. The van der Waals surface area contributed by atoms with Crippen molar-refractivity contribution in [1.29, 1.82) is 0 Å². The Hall–Kier alpha value is -4.24. The minimum atomic E-state index is -0.590. The van der Waals surface area contributed by atoms with Crippen molar-refractivity contribution in [2.45, 2.75) is 26.3 Å². The third-order valence-electron chi connectivity index (χ3n) is 6.47. The number of hydrogen-bond acceptors (Lipinski definition) is 1. The summed E-state index contributed by atoms with van der Waals surface area (Å²) in [6.07, 6.45) is 0. The summed E-state index contributed by atoms with van der Waals surface area (Å²) in [4.78, 5) is 1.76. The van der Waals surface area contributed by atoms with Crippen LogP contribution in [0.3, 0.4) is 0 Å². The predicted molar refractivity (Wildman–Crippen MR) is 151 cm³/mol. The molecule has 0 atom stereocenters. The van der Waals surface area contributed by atoms with Gasteiger partial charge in [0.25, 0.3) is 0 Å². The van der Waals surface area contributed by atoms with E-state index in [0.717, 1.165) is 27.8 Å². The average molecular weight is 490 g/mol. The van der Waals surface area contributed by atoms with Gasteiger partial charge in [-0.2, -0.15) is 0 Å². The topological polar surface area (TPSA) is 3.24 Å². The quantitative estimate of drug-likeness (QED) is 0.237. The van der Waals surface area contributed by atoms with E-state index in [2.05, 4.69) is 36.4 Å². The van der Waals surface area contributed by atoms with Crippen LogP contribution in [-0.2, 0) is 0 Å². The van der Waals surface area contributed by atoms with Gasteiger partial charge in [-0.3, -0.25) is 0 Å². The number of para-hydroxylation sites is 1. The average Bonchev–Trinajstić information content (AvgIpc) is 2.91. The fourth-order valence-corrected chi connectivity index (χ4v) is 4.74. The van der Waals surface area contributed by atoms with Gasteiger partial charge in [0, 0.05) is 11.1 Å². The molecule has 1 nitrogen and oxygen atoms in total. The summed E-state index contributed by atoms with van der Waals surface area (Å²) in [5.41, 5.74) is 5.39. The number of hydrogen-bond donors (Lipinski definition) is 0. The Kier molecular flexibility index (Phi) is 6.62. The molecule has 0 saturated heterocycles. The van der Waals surface area contributed by atoms with Crippen LogP contribution in [0.25, 0.3) is 33.4 Å². The molecule has 184 valence electrons. The molecule has 0 N–H and O–H groups in total. The van der Waals surface area contributed by atoms with E-state index in [1.54, 1.807) is 23.1 Å². The summed E-state index contributed by atoms with van der Waals surface area (Å²) in [6, 6.07) is 38.2. The zero-order chi connectivity index (χ0) is 26.0. The Morgan fingerprint density at radius 3 is 1.54 bits per heavy atom. The van der Waals surface area contributed by atoms with Crippen LogP contribution < -0.4 is 4.90 Å². The van der Waals surface area contributed by atoms with Crippen LogP contribution in [0.4, 0.5) is 20.2 Å². The highest BCUT2D eigenvalue weighted by molar-refractivity contribution is 5.82. The number of nitrogens with zero attached hydrogens (tertiary/aromatic N) is 1. The van der Waals surface area contributed by atoms with Crippen LogP contribution in [0.15, 0.2) is 121 Å². The summed E-state index contributed by atoms with van der Waals surface area (Å²) in [6.45, 7) is 5.88. The Morgan fingerprint density at radius 1 is 0.486 bits per heavy atom.